The van der Waals surface area contributed by atoms with Crippen LogP contribution in [0.25, 0.3) is 0 Å². The number of fused-ring (bicyclic) bond motifs is 1. The van der Waals surface area contributed by atoms with Crippen LogP contribution in [0.1, 0.15) is 28.6 Å². The summed E-state index contributed by atoms with van der Waals surface area (Å²) in [6, 6.07) is 4.77. The van der Waals surface area contributed by atoms with E-state index < -0.39 is 11.9 Å². The summed E-state index contributed by atoms with van der Waals surface area (Å²) in [4.78, 5) is 31.5. The lowest BCUT2D eigenvalue weighted by atomic mass is 10.1. The molecule has 0 aliphatic carbocycles. The second kappa shape index (κ2) is 9.41. The first kappa shape index (κ1) is 21.8. The molecule has 0 unspecified atom stereocenters. The highest BCUT2D eigenvalue weighted by molar-refractivity contribution is 6.30. The lowest BCUT2D eigenvalue weighted by Crippen LogP contribution is -2.45. The Labute approximate surface area is 188 Å². The van der Waals surface area contributed by atoms with Crippen LogP contribution in [0.3, 0.4) is 0 Å². The number of urea groups is 1. The lowest BCUT2D eigenvalue weighted by molar-refractivity contribution is 0.176. The van der Waals surface area contributed by atoms with E-state index in [1.807, 2.05) is 6.92 Å². The Bertz CT molecular complexity index is 1150. The minimum Gasteiger partial charge on any atom is -0.394 e. The molecule has 1 aliphatic heterocycles. The Kier molecular flexibility index (Phi) is 6.42. The molecule has 2 amide bonds. The van der Waals surface area contributed by atoms with Crippen LogP contribution in [0.4, 0.5) is 21.0 Å². The van der Waals surface area contributed by atoms with Crippen LogP contribution in [0.15, 0.2) is 36.8 Å². The van der Waals surface area contributed by atoms with Gasteiger partial charge < -0.3 is 20.6 Å². The van der Waals surface area contributed by atoms with Crippen molar-refractivity contribution in [3.05, 3.63) is 70.1 Å². The Hall–Kier alpha value is -3.37. The molecule has 11 heteroatoms. The average Bonchev–Trinajstić information content (AvgIpc) is 2.78. The van der Waals surface area contributed by atoms with Crippen molar-refractivity contribution in [2.45, 2.75) is 25.9 Å². The average molecular weight is 458 g/mol. The number of hydrogen-bond donors (Lipinski definition) is 3. The van der Waals surface area contributed by atoms with Crippen molar-refractivity contribution in [2.75, 3.05) is 18.5 Å². The van der Waals surface area contributed by atoms with E-state index in [4.69, 9.17) is 11.6 Å². The summed E-state index contributed by atoms with van der Waals surface area (Å²) in [6.45, 7) is 2.26. The molecule has 166 valence electrons. The fourth-order valence-electron chi connectivity index (χ4n) is 3.38. The van der Waals surface area contributed by atoms with Gasteiger partial charge in [-0.25, -0.2) is 29.1 Å². The smallest absolute Gasteiger partial charge is 0.318 e. The zero-order chi connectivity index (χ0) is 22.7. The van der Waals surface area contributed by atoms with Gasteiger partial charge in [-0.3, -0.25) is 0 Å². The summed E-state index contributed by atoms with van der Waals surface area (Å²) in [5, 5.41) is 15.5. The molecule has 0 saturated carbocycles. The maximum atomic E-state index is 13.4. The van der Waals surface area contributed by atoms with E-state index >= 15 is 0 Å². The highest BCUT2D eigenvalue weighted by Crippen LogP contribution is 2.23. The third-order valence-corrected chi connectivity index (χ3v) is 5.39. The number of aromatic nitrogens is 4. The van der Waals surface area contributed by atoms with Crippen molar-refractivity contribution in [3.8, 4) is 0 Å². The zero-order valence-corrected chi connectivity index (χ0v) is 18.0. The van der Waals surface area contributed by atoms with Gasteiger partial charge in [0, 0.05) is 24.5 Å². The number of carbonyl (C=O) groups excluding carboxylic acids is 1. The quantitative estimate of drug-likeness (QED) is 0.539. The zero-order valence-electron chi connectivity index (χ0n) is 17.2. The first-order valence-corrected chi connectivity index (χ1v) is 10.3. The third kappa shape index (κ3) is 4.92. The van der Waals surface area contributed by atoms with E-state index in [1.54, 1.807) is 17.2 Å². The maximum Gasteiger partial charge on any atom is 0.318 e. The van der Waals surface area contributed by atoms with E-state index in [2.05, 4.69) is 30.6 Å². The van der Waals surface area contributed by atoms with Crippen molar-refractivity contribution >= 4 is 29.4 Å². The number of hydrogen-bond acceptors (Lipinski definition) is 7. The third-order valence-electron chi connectivity index (χ3n) is 5.10. The van der Waals surface area contributed by atoms with Gasteiger partial charge in [-0.2, -0.15) is 0 Å². The van der Waals surface area contributed by atoms with Crippen LogP contribution in [0.2, 0.25) is 5.02 Å². The number of benzene rings is 1. The largest absolute Gasteiger partial charge is 0.394 e. The molecule has 0 saturated heterocycles. The number of anilines is 2. The molecule has 32 heavy (non-hydrogen) atoms. The molecule has 1 aromatic carbocycles. The molecule has 9 nitrogen and oxygen atoms in total. The second-order valence-corrected chi connectivity index (χ2v) is 7.77. The first-order chi connectivity index (χ1) is 15.4. The van der Waals surface area contributed by atoms with Crippen LogP contribution in [-0.4, -0.2) is 49.1 Å². The number of nitrogens with one attached hydrogen (secondary N) is 2. The molecule has 0 fully saturated rings. The molecule has 3 aromatic rings. The molecule has 3 heterocycles. The highest BCUT2D eigenvalue weighted by atomic mass is 35.5. The number of aliphatic hydroxyl groups is 1. The van der Waals surface area contributed by atoms with Gasteiger partial charge in [-0.05, 0) is 36.6 Å². The summed E-state index contributed by atoms with van der Waals surface area (Å²) in [5.41, 5.74) is 3.00. The molecule has 1 atom stereocenters. The Morgan fingerprint density at radius 2 is 2.16 bits per heavy atom. The molecular weight excluding hydrogens is 437 g/mol. The summed E-state index contributed by atoms with van der Waals surface area (Å²) in [5.74, 6) is 0.386. The molecule has 3 N–H and O–H groups in total. The van der Waals surface area contributed by atoms with Crippen LogP contribution in [0, 0.1) is 12.7 Å². The monoisotopic (exact) mass is 457 g/mol. The van der Waals surface area contributed by atoms with Gasteiger partial charge in [0.1, 0.15) is 18.0 Å². The Morgan fingerprint density at radius 3 is 2.91 bits per heavy atom. The first-order valence-electron chi connectivity index (χ1n) is 9.94. The molecule has 1 aliphatic rings. The molecule has 0 spiro atoms. The van der Waals surface area contributed by atoms with Crippen LogP contribution >= 0.6 is 11.6 Å². The van der Waals surface area contributed by atoms with Crippen molar-refractivity contribution < 1.29 is 14.3 Å². The van der Waals surface area contributed by atoms with Crippen LogP contribution < -0.4 is 10.6 Å². The second-order valence-electron chi connectivity index (χ2n) is 7.36. The van der Waals surface area contributed by atoms with E-state index in [-0.39, 0.29) is 24.2 Å². The Morgan fingerprint density at radius 1 is 1.31 bits per heavy atom. The molecule has 2 aromatic heterocycles. The van der Waals surface area contributed by atoms with E-state index in [0.717, 1.165) is 17.0 Å². The van der Waals surface area contributed by atoms with Gasteiger partial charge in [-0.1, -0.05) is 17.7 Å². The minimum absolute atomic E-state index is 0.0716. The van der Waals surface area contributed by atoms with Gasteiger partial charge in [-0.15, -0.1) is 0 Å². The fourth-order valence-corrected chi connectivity index (χ4v) is 3.57. The predicted molar refractivity (Wildman–Crippen MR) is 116 cm³/mol. The topological polar surface area (TPSA) is 116 Å². The number of carbonyl (C=O) groups is 1. The van der Waals surface area contributed by atoms with Crippen molar-refractivity contribution in [3.63, 3.8) is 0 Å². The highest BCUT2D eigenvalue weighted by Gasteiger charge is 2.25. The van der Waals surface area contributed by atoms with Gasteiger partial charge >= 0.3 is 6.03 Å². The summed E-state index contributed by atoms with van der Waals surface area (Å²) >= 11 is 5.83. The SMILES string of the molecule is Cc1cc(Nc2ncc3c(n2)CN(C(=O)N[C@H](CO)c2ccc(F)c(Cl)c2)CC3)ncn1. The molecule has 0 radical (unpaired) electrons. The standard InChI is InChI=1S/C21H21ClFN7O2/c1-12-6-19(26-11-25-12)29-20-24-8-14-4-5-30(9-17(14)27-20)21(32)28-18(10-31)13-2-3-16(23)15(22)7-13/h2-3,6-8,11,18,31H,4-5,9-10H2,1H3,(H,28,32)(H,24,25,26,27,29)/t18-/m1/s1. The van der Waals surface area contributed by atoms with E-state index in [1.165, 1.54) is 24.5 Å². The van der Waals surface area contributed by atoms with Gasteiger partial charge in [0.2, 0.25) is 5.95 Å². The van der Waals surface area contributed by atoms with Gasteiger partial charge in [0.25, 0.3) is 0 Å². The number of aryl methyl sites for hydroxylation is 1. The summed E-state index contributed by atoms with van der Waals surface area (Å²) in [7, 11) is 0. The number of aliphatic hydroxyl groups excluding tert-OH is 1. The molecular formula is C21H21ClFN7O2. The minimum atomic E-state index is -0.717. The number of rotatable bonds is 5. The molecule has 0 bridgehead atoms. The normalized spacial score (nSPS) is 13.9. The predicted octanol–water partition coefficient (Wildman–Crippen LogP) is 2.91. The summed E-state index contributed by atoms with van der Waals surface area (Å²) in [6.07, 6.45) is 3.79. The van der Waals surface area contributed by atoms with Crippen molar-refractivity contribution in [1.82, 2.24) is 30.2 Å². The van der Waals surface area contributed by atoms with Gasteiger partial charge in [0.05, 0.1) is 29.9 Å². The Balaban J connectivity index is 1.45. The summed E-state index contributed by atoms with van der Waals surface area (Å²) < 4.78 is 13.4. The number of nitrogens with zero attached hydrogens (tertiary/aromatic N) is 5. The van der Waals surface area contributed by atoms with Crippen LogP contribution in [0.5, 0.6) is 0 Å². The van der Waals surface area contributed by atoms with E-state index in [0.29, 0.717) is 30.3 Å². The van der Waals surface area contributed by atoms with Crippen LogP contribution in [-0.2, 0) is 13.0 Å². The fraction of sp³-hybridized carbons (Fsp3) is 0.286. The number of halogens is 2. The van der Waals surface area contributed by atoms with Gasteiger partial charge in [0.15, 0.2) is 0 Å². The number of amides is 2. The molecule has 4 rings (SSSR count). The van der Waals surface area contributed by atoms with Crippen molar-refractivity contribution in [2.24, 2.45) is 0 Å². The van der Waals surface area contributed by atoms with Crippen molar-refractivity contribution in [1.29, 1.82) is 0 Å². The lowest BCUT2D eigenvalue weighted by Gasteiger charge is -2.30. The van der Waals surface area contributed by atoms with E-state index in [9.17, 15) is 14.3 Å². The maximum absolute atomic E-state index is 13.4.